The molecule has 0 radical (unpaired) electrons. The van der Waals surface area contributed by atoms with Crippen LogP contribution in [0.15, 0.2) is 118 Å². The first-order valence-corrected chi connectivity index (χ1v) is 31.5. The molecule has 26 nitrogen and oxygen atoms in total. The Hall–Kier alpha value is -7.27. The third-order valence-electron chi connectivity index (χ3n) is 13.1. The van der Waals surface area contributed by atoms with E-state index in [0.717, 1.165) is 6.07 Å². The van der Waals surface area contributed by atoms with E-state index in [-0.39, 0.29) is 52.7 Å². The van der Waals surface area contributed by atoms with Crippen molar-refractivity contribution < 1.29 is 101 Å². The van der Waals surface area contributed by atoms with Crippen LogP contribution < -0.4 is 4.90 Å². The number of hydrogen-bond donors (Lipinski definition) is 3. The van der Waals surface area contributed by atoms with Crippen LogP contribution in [0.25, 0.3) is 27.1 Å². The summed E-state index contributed by atoms with van der Waals surface area (Å²) in [7, 11) is -25.5. The lowest BCUT2D eigenvalue weighted by atomic mass is 9.79. The topological polar surface area (TPSA) is 406 Å². The number of hydrogen-bond acceptors (Lipinski definition) is 21. The average molecular weight is 1240 g/mol. The number of aromatic nitrogens is 1. The number of hydroxylamine groups is 2. The normalized spacial score (nSPS) is 16.6. The van der Waals surface area contributed by atoms with Crippen molar-refractivity contribution in [3.63, 3.8) is 0 Å². The van der Waals surface area contributed by atoms with E-state index in [2.05, 4.69) is 4.98 Å². The van der Waals surface area contributed by atoms with Gasteiger partial charge in [-0.15, -0.1) is 30.3 Å². The average Bonchev–Trinajstić information content (AvgIpc) is 4.13. The summed E-state index contributed by atoms with van der Waals surface area (Å²) in [6.07, 6.45) is 8.33. The third-order valence-corrected chi connectivity index (χ3v) is 16.5. The molecule has 0 saturated carbocycles. The predicted molar refractivity (Wildman–Crippen MR) is 285 cm³/mol. The van der Waals surface area contributed by atoms with E-state index in [1.54, 1.807) is 48.6 Å². The van der Waals surface area contributed by atoms with Crippen LogP contribution in [0.4, 0.5) is 11.4 Å². The molecule has 4 heterocycles. The third kappa shape index (κ3) is 14.1. The van der Waals surface area contributed by atoms with Gasteiger partial charge >= 0.3 is 27.2 Å². The number of pyridine rings is 1. The van der Waals surface area contributed by atoms with Crippen LogP contribution in [0, 0.1) is 0 Å². The van der Waals surface area contributed by atoms with Gasteiger partial charge in [-0.1, -0.05) is 39.0 Å². The van der Waals surface area contributed by atoms with Crippen LogP contribution in [-0.4, -0.2) is 134 Å². The van der Waals surface area contributed by atoms with E-state index in [1.165, 1.54) is 36.5 Å². The van der Waals surface area contributed by atoms with Gasteiger partial charge in [-0.2, -0.15) is 29.8 Å². The van der Waals surface area contributed by atoms with E-state index in [1.807, 2.05) is 44.1 Å². The molecule has 3 aliphatic rings. The number of anilines is 1. The van der Waals surface area contributed by atoms with Crippen molar-refractivity contribution >= 4 is 124 Å². The Morgan fingerprint density at radius 1 is 0.753 bits per heavy atom. The summed E-state index contributed by atoms with van der Waals surface area (Å²) in [4.78, 5) is 47.4. The molecule has 3 N–H and O–H groups in total. The molecule has 32 heteroatoms. The molecular weight excluding hydrogens is 1190 g/mol. The van der Waals surface area contributed by atoms with Crippen molar-refractivity contribution in [1.82, 2.24) is 10.0 Å². The fourth-order valence-corrected chi connectivity index (χ4v) is 12.2. The molecule has 8 rings (SSSR count). The Morgan fingerprint density at radius 3 is 1.89 bits per heavy atom. The van der Waals surface area contributed by atoms with Crippen LogP contribution in [-0.2, 0) is 86.9 Å². The molecular formula is C49H48N4O22S6. The van der Waals surface area contributed by atoms with Gasteiger partial charge < -0.3 is 14.3 Å². The molecule has 5 aromatic rings. The zero-order valence-electron chi connectivity index (χ0n) is 43.0. The lowest BCUT2D eigenvalue weighted by Crippen LogP contribution is -2.32. The van der Waals surface area contributed by atoms with Gasteiger partial charge in [-0.3, -0.25) is 28.2 Å². The van der Waals surface area contributed by atoms with Crippen LogP contribution in [0.1, 0.15) is 87.5 Å². The van der Waals surface area contributed by atoms with Crippen molar-refractivity contribution in [2.75, 3.05) is 23.7 Å². The Bertz CT molecular complexity index is 4270. The zero-order valence-corrected chi connectivity index (χ0v) is 47.9. The fourth-order valence-electron chi connectivity index (χ4n) is 9.87. The standard InChI is InChI=1S/C49H48N4O16S4.2O3S/c1-6-22-51-39-17-14-34-36(26-33(72(63,64)65)27-40(34)73(66,67)68)46(39)49(4,5)41(51)18-11-30(37-15-9-31(28-50-37)47(56)69-53-43(54)20-21-44(53)55)12-19-42-48(2,3)45-35-25-32(71(60,61)62)13-8-29(35)10-16-38(45)52(42)23-7-24-70(57,58)59;2*1-4(2)3/h8-19,25-28H,6-7,20-24H2,1-5H3,(H3-,57,58,59,60,61,62,63,64,65,66,67,68);;. The van der Waals surface area contributed by atoms with Crippen molar-refractivity contribution in [1.29, 1.82) is 0 Å². The molecule has 4 aromatic carbocycles. The minimum atomic E-state index is -5.02. The Labute approximate surface area is 466 Å². The van der Waals surface area contributed by atoms with Crippen LogP contribution in [0.5, 0.6) is 0 Å². The van der Waals surface area contributed by atoms with Crippen LogP contribution in [0.2, 0.25) is 0 Å². The van der Waals surface area contributed by atoms with Gasteiger partial charge in [0.2, 0.25) is 5.69 Å². The molecule has 0 bridgehead atoms. The second-order valence-electron chi connectivity index (χ2n) is 19.1. The predicted octanol–water partition coefficient (Wildman–Crippen LogP) is 4.38. The Kier molecular flexibility index (Phi) is 18.4. The first-order chi connectivity index (χ1) is 37.4. The highest BCUT2D eigenvalue weighted by Gasteiger charge is 2.46. The number of nitrogens with zero attached hydrogens (tertiary/aromatic N) is 4. The second kappa shape index (κ2) is 23.7. The Balaban J connectivity index is 0.00000124. The van der Waals surface area contributed by atoms with Crippen molar-refractivity contribution in [3.8, 4) is 0 Å². The quantitative estimate of drug-likeness (QED) is 0.0566. The van der Waals surface area contributed by atoms with Gasteiger partial charge in [-0.05, 0) is 103 Å². The zero-order chi connectivity index (χ0) is 60.5. The highest BCUT2D eigenvalue weighted by molar-refractivity contribution is 7.87. The summed E-state index contributed by atoms with van der Waals surface area (Å²) in [5.41, 5.74) is 1.92. The maximum Gasteiger partial charge on any atom is 0.425 e. The fraction of sp³-hybridized carbons (Fsp3) is 0.286. The molecule has 1 saturated heterocycles. The van der Waals surface area contributed by atoms with E-state index in [0.29, 0.717) is 74.4 Å². The number of rotatable bonds is 15. The second-order valence-corrected chi connectivity index (χ2v) is 25.7. The molecule has 2 amide bonds. The minimum Gasteiger partial charge on any atom is -0.748 e. The minimum absolute atomic E-state index is 0.00328. The first-order valence-electron chi connectivity index (χ1n) is 23.6. The van der Waals surface area contributed by atoms with Crippen molar-refractivity contribution in [2.45, 2.75) is 85.8 Å². The maximum atomic E-state index is 13.2. The number of allylic oxidation sites excluding steroid dienone is 6. The van der Waals surface area contributed by atoms with E-state index in [4.69, 9.17) is 30.1 Å². The molecule has 1 aromatic heterocycles. The van der Waals surface area contributed by atoms with Gasteiger partial charge in [0.05, 0.1) is 36.6 Å². The number of carbonyl (C=O) groups excluding carboxylic acids is 3. The number of carbonyl (C=O) groups is 3. The van der Waals surface area contributed by atoms with E-state index in [9.17, 15) is 66.3 Å². The van der Waals surface area contributed by atoms with Crippen LogP contribution in [0.3, 0.4) is 0 Å². The summed E-state index contributed by atoms with van der Waals surface area (Å²) in [6, 6.07) is 15.5. The lowest BCUT2D eigenvalue weighted by Gasteiger charge is -2.27. The summed E-state index contributed by atoms with van der Waals surface area (Å²) in [6.45, 7) is 9.72. The molecule has 432 valence electrons. The molecule has 3 aliphatic heterocycles. The highest BCUT2D eigenvalue weighted by Crippen LogP contribution is 2.52. The molecule has 0 aliphatic carbocycles. The van der Waals surface area contributed by atoms with E-state index < -0.39 is 106 Å². The van der Waals surface area contributed by atoms with Gasteiger partial charge in [0, 0.05) is 83.2 Å². The van der Waals surface area contributed by atoms with Gasteiger partial charge in [0.25, 0.3) is 42.2 Å². The first kappa shape index (κ1) is 62.9. The molecule has 0 unspecified atom stereocenters. The summed E-state index contributed by atoms with van der Waals surface area (Å²) in [5.74, 6) is -3.09. The number of benzene rings is 4. The molecule has 0 atom stereocenters. The van der Waals surface area contributed by atoms with E-state index >= 15 is 0 Å². The summed E-state index contributed by atoms with van der Waals surface area (Å²) < 4.78 is 193. The van der Waals surface area contributed by atoms with Gasteiger partial charge in [0.15, 0.2) is 5.71 Å². The smallest absolute Gasteiger partial charge is 0.425 e. The number of imide groups is 1. The van der Waals surface area contributed by atoms with Gasteiger partial charge in [-0.25, -0.2) is 13.2 Å². The number of amides is 2. The monoisotopic (exact) mass is 1240 g/mol. The largest absolute Gasteiger partial charge is 0.748 e. The SMILES string of the molecule is CCCN1/C(=C/C=C(/C=C/C2=[N+](CCCS(=O)(=O)[O-])c3ccc4ccc(S(=O)(=O)O)cc4c3C2(C)C)c2ccc(C(=O)ON3C(=O)CCC3=O)cn2)C(C)(C)c2c1ccc1c(S(=O)(=O)O)cc(S(=O)(=O)O)cc21.O=S(=O)=O.O=S(=O)=O. The summed E-state index contributed by atoms with van der Waals surface area (Å²) in [5, 5.41) is 1.63. The Morgan fingerprint density at radius 2 is 1.35 bits per heavy atom. The van der Waals surface area contributed by atoms with Crippen molar-refractivity contribution in [2.24, 2.45) is 0 Å². The van der Waals surface area contributed by atoms with Gasteiger partial charge in [0.1, 0.15) is 11.4 Å². The molecule has 1 fully saturated rings. The molecule has 81 heavy (non-hydrogen) atoms. The van der Waals surface area contributed by atoms with Crippen LogP contribution >= 0.6 is 0 Å². The highest BCUT2D eigenvalue weighted by atomic mass is 32.2. The molecule has 0 spiro atoms. The summed E-state index contributed by atoms with van der Waals surface area (Å²) >= 11 is 0. The lowest BCUT2D eigenvalue weighted by molar-refractivity contribution is -0.437. The maximum absolute atomic E-state index is 13.2. The number of fused-ring (bicyclic) bond motifs is 6. The van der Waals surface area contributed by atoms with Crippen molar-refractivity contribution in [3.05, 3.63) is 125 Å².